The van der Waals surface area contributed by atoms with Gasteiger partial charge in [-0.25, -0.2) is 4.98 Å². The van der Waals surface area contributed by atoms with Crippen molar-refractivity contribution < 1.29 is 18.0 Å². The van der Waals surface area contributed by atoms with E-state index >= 15 is 0 Å². The first-order chi connectivity index (χ1) is 8.86. The van der Waals surface area contributed by atoms with Gasteiger partial charge in [-0.1, -0.05) is 0 Å². The number of hydrogen-bond donors (Lipinski definition) is 2. The van der Waals surface area contributed by atoms with E-state index in [9.17, 15) is 18.0 Å². The van der Waals surface area contributed by atoms with E-state index in [1.807, 2.05) is 0 Å². The Hall–Kier alpha value is -2.38. The van der Waals surface area contributed by atoms with Gasteiger partial charge in [0.15, 0.2) is 0 Å². The van der Waals surface area contributed by atoms with Gasteiger partial charge in [-0.3, -0.25) is 15.1 Å². The molecular formula is C11H9F3N4O. The zero-order chi connectivity index (χ0) is 14.0. The lowest BCUT2D eigenvalue weighted by atomic mass is 10.2. The first-order valence-corrected chi connectivity index (χ1v) is 5.22. The van der Waals surface area contributed by atoms with E-state index in [2.05, 4.69) is 20.3 Å². The fourth-order valence-electron chi connectivity index (χ4n) is 1.35. The van der Waals surface area contributed by atoms with Gasteiger partial charge in [0, 0.05) is 18.1 Å². The van der Waals surface area contributed by atoms with Crippen LogP contribution in [0.5, 0.6) is 0 Å². The van der Waals surface area contributed by atoms with E-state index in [-0.39, 0.29) is 11.5 Å². The highest BCUT2D eigenvalue weighted by atomic mass is 19.4. The second kappa shape index (κ2) is 4.71. The van der Waals surface area contributed by atoms with Gasteiger partial charge in [0.25, 0.3) is 5.91 Å². The monoisotopic (exact) mass is 270 g/mol. The molecule has 2 rings (SSSR count). The van der Waals surface area contributed by atoms with E-state index < -0.39 is 17.8 Å². The number of nitrogens with zero attached hydrogens (tertiary/aromatic N) is 2. The fourth-order valence-corrected chi connectivity index (χ4v) is 1.35. The lowest BCUT2D eigenvalue weighted by Gasteiger charge is -2.06. The highest BCUT2D eigenvalue weighted by Gasteiger charge is 2.32. The van der Waals surface area contributed by atoms with Crippen molar-refractivity contribution in [2.24, 2.45) is 0 Å². The molecule has 0 radical (unpaired) electrons. The van der Waals surface area contributed by atoms with Gasteiger partial charge >= 0.3 is 6.18 Å². The minimum Gasteiger partial charge on any atom is -0.328 e. The number of aromatic nitrogens is 3. The number of hydrogen-bond acceptors (Lipinski definition) is 3. The van der Waals surface area contributed by atoms with Crippen LogP contribution in [0.15, 0.2) is 24.5 Å². The number of H-pyrrole nitrogens is 1. The Balaban J connectivity index is 2.12. The van der Waals surface area contributed by atoms with Gasteiger partial charge in [0.2, 0.25) is 5.95 Å². The number of pyridine rings is 1. The number of imidazole rings is 1. The third-order valence-corrected chi connectivity index (χ3v) is 2.25. The molecule has 100 valence electrons. The van der Waals surface area contributed by atoms with Crippen molar-refractivity contribution >= 4 is 11.9 Å². The Bertz CT molecular complexity index is 589. The lowest BCUT2D eigenvalue weighted by molar-refractivity contribution is -0.141. The summed E-state index contributed by atoms with van der Waals surface area (Å²) in [5.41, 5.74) is -0.277. The van der Waals surface area contributed by atoms with Crippen molar-refractivity contribution in [1.82, 2.24) is 15.0 Å². The van der Waals surface area contributed by atoms with Crippen LogP contribution in [0.25, 0.3) is 0 Å². The molecule has 0 atom stereocenters. The molecule has 0 bridgehead atoms. The molecule has 0 aliphatic carbocycles. The number of amides is 1. The number of anilines is 1. The third-order valence-electron chi connectivity index (χ3n) is 2.25. The van der Waals surface area contributed by atoms with Crippen LogP contribution in [0.3, 0.4) is 0 Å². The van der Waals surface area contributed by atoms with Crippen LogP contribution in [-0.4, -0.2) is 20.9 Å². The summed E-state index contributed by atoms with van der Waals surface area (Å²) in [6.07, 6.45) is -2.14. The van der Waals surface area contributed by atoms with Gasteiger partial charge in [0.1, 0.15) is 5.69 Å². The first kappa shape index (κ1) is 13.1. The van der Waals surface area contributed by atoms with Gasteiger partial charge < -0.3 is 4.98 Å². The van der Waals surface area contributed by atoms with E-state index in [4.69, 9.17) is 0 Å². The summed E-state index contributed by atoms with van der Waals surface area (Å²) >= 11 is 0. The number of alkyl halides is 3. The molecule has 2 aromatic heterocycles. The van der Waals surface area contributed by atoms with Crippen LogP contribution in [0.1, 0.15) is 21.7 Å². The quantitative estimate of drug-likeness (QED) is 0.880. The average molecular weight is 270 g/mol. The molecule has 0 aromatic carbocycles. The minimum atomic E-state index is -4.52. The summed E-state index contributed by atoms with van der Waals surface area (Å²) < 4.78 is 36.9. The van der Waals surface area contributed by atoms with Crippen molar-refractivity contribution in [1.29, 1.82) is 0 Å². The second-order valence-electron chi connectivity index (χ2n) is 3.80. The van der Waals surface area contributed by atoms with Crippen LogP contribution in [0.4, 0.5) is 19.1 Å². The SMILES string of the molecule is Cc1cnc(NC(=O)c2ccc(C(F)(F)F)nc2)[nH]1. The van der Waals surface area contributed by atoms with Crippen LogP contribution in [0, 0.1) is 6.92 Å². The molecule has 5 nitrogen and oxygen atoms in total. The topological polar surface area (TPSA) is 70.7 Å². The standard InChI is InChI=1S/C11H9F3N4O/c1-6-4-16-10(17-6)18-9(19)7-2-3-8(15-5-7)11(12,13)14/h2-5H,1H3,(H2,16,17,18,19). The maximum Gasteiger partial charge on any atom is 0.433 e. The van der Waals surface area contributed by atoms with E-state index in [1.54, 1.807) is 6.92 Å². The second-order valence-corrected chi connectivity index (χ2v) is 3.80. The van der Waals surface area contributed by atoms with Gasteiger partial charge in [-0.2, -0.15) is 13.2 Å². The molecule has 0 aliphatic rings. The minimum absolute atomic E-state index is 0.0158. The first-order valence-electron chi connectivity index (χ1n) is 5.22. The Morgan fingerprint density at radius 2 is 2.00 bits per heavy atom. The Labute approximate surface area is 105 Å². The predicted octanol–water partition coefficient (Wildman–Crippen LogP) is 2.38. The maximum atomic E-state index is 12.3. The van der Waals surface area contributed by atoms with Crippen molar-refractivity contribution in [2.45, 2.75) is 13.1 Å². The zero-order valence-corrected chi connectivity index (χ0v) is 9.75. The number of carbonyl (C=O) groups excluding carboxylic acids is 1. The van der Waals surface area contributed by atoms with Crippen molar-refractivity contribution in [3.05, 3.63) is 41.5 Å². The Kier molecular flexibility index (Phi) is 3.24. The van der Waals surface area contributed by atoms with Crippen molar-refractivity contribution in [3.8, 4) is 0 Å². The molecule has 8 heteroatoms. The van der Waals surface area contributed by atoms with Crippen LogP contribution in [0.2, 0.25) is 0 Å². The number of halogens is 3. The normalized spacial score (nSPS) is 11.4. The summed E-state index contributed by atoms with van der Waals surface area (Å²) in [6, 6.07) is 1.81. The molecule has 2 heterocycles. The largest absolute Gasteiger partial charge is 0.433 e. The van der Waals surface area contributed by atoms with E-state index in [1.165, 1.54) is 6.20 Å². The van der Waals surface area contributed by atoms with Crippen LogP contribution < -0.4 is 5.32 Å². The summed E-state index contributed by atoms with van der Waals surface area (Å²) in [7, 11) is 0. The summed E-state index contributed by atoms with van der Waals surface area (Å²) in [5, 5.41) is 2.41. The fraction of sp³-hybridized carbons (Fsp3) is 0.182. The number of rotatable bonds is 2. The molecule has 1 amide bonds. The molecule has 2 N–H and O–H groups in total. The van der Waals surface area contributed by atoms with Gasteiger partial charge in [-0.15, -0.1) is 0 Å². The summed E-state index contributed by atoms with van der Waals surface area (Å²) in [5.74, 6) is -0.363. The average Bonchev–Trinajstić information content (AvgIpc) is 2.74. The highest BCUT2D eigenvalue weighted by molar-refractivity contribution is 6.03. The van der Waals surface area contributed by atoms with Crippen LogP contribution >= 0.6 is 0 Å². The zero-order valence-electron chi connectivity index (χ0n) is 9.75. The summed E-state index contributed by atoms with van der Waals surface area (Å²) in [4.78, 5) is 21.5. The third kappa shape index (κ3) is 3.09. The number of aryl methyl sites for hydroxylation is 1. The number of carbonyl (C=O) groups is 1. The van der Waals surface area contributed by atoms with Crippen molar-refractivity contribution in [3.63, 3.8) is 0 Å². The smallest absolute Gasteiger partial charge is 0.328 e. The molecule has 0 aliphatic heterocycles. The van der Waals surface area contributed by atoms with Gasteiger partial charge in [0.05, 0.1) is 5.56 Å². The molecule has 2 aromatic rings. The van der Waals surface area contributed by atoms with E-state index in [0.29, 0.717) is 0 Å². The molecular weight excluding hydrogens is 261 g/mol. The number of aromatic amines is 1. The molecule has 0 unspecified atom stereocenters. The van der Waals surface area contributed by atoms with Crippen LogP contribution in [-0.2, 0) is 6.18 Å². The Morgan fingerprint density at radius 1 is 1.26 bits per heavy atom. The molecule has 0 fully saturated rings. The predicted molar refractivity (Wildman–Crippen MR) is 60.5 cm³/mol. The number of nitrogens with one attached hydrogen (secondary N) is 2. The molecule has 0 spiro atoms. The Morgan fingerprint density at radius 3 is 2.47 bits per heavy atom. The van der Waals surface area contributed by atoms with Crippen molar-refractivity contribution in [2.75, 3.05) is 5.32 Å². The summed E-state index contributed by atoms with van der Waals surface area (Å²) in [6.45, 7) is 1.75. The molecule has 0 saturated carbocycles. The van der Waals surface area contributed by atoms with Gasteiger partial charge in [-0.05, 0) is 19.1 Å². The van der Waals surface area contributed by atoms with E-state index in [0.717, 1.165) is 24.0 Å². The lowest BCUT2D eigenvalue weighted by Crippen LogP contribution is -2.15. The molecule has 0 saturated heterocycles. The molecule has 19 heavy (non-hydrogen) atoms. The highest BCUT2D eigenvalue weighted by Crippen LogP contribution is 2.27. The maximum absolute atomic E-state index is 12.3.